The molecular formula is C24H26N6S. The molecular weight excluding hydrogens is 404 g/mol. The number of benzene rings is 2. The maximum absolute atomic E-state index is 5.63. The molecule has 2 aromatic heterocycles. The van der Waals surface area contributed by atoms with E-state index in [0.717, 1.165) is 34.1 Å². The van der Waals surface area contributed by atoms with Gasteiger partial charge in [0, 0.05) is 36.8 Å². The van der Waals surface area contributed by atoms with Crippen molar-refractivity contribution in [3.8, 4) is 16.9 Å². The van der Waals surface area contributed by atoms with Crippen molar-refractivity contribution in [2.24, 2.45) is 7.05 Å². The first-order chi connectivity index (χ1) is 15.1. The predicted molar refractivity (Wildman–Crippen MR) is 124 cm³/mol. The molecule has 1 saturated carbocycles. The second-order valence-corrected chi connectivity index (χ2v) is 8.64. The molecule has 7 heteroatoms. The molecule has 0 unspecified atom stereocenters. The average molecular weight is 431 g/mol. The molecule has 0 bridgehead atoms. The van der Waals surface area contributed by atoms with E-state index in [1.54, 1.807) is 0 Å². The highest BCUT2D eigenvalue weighted by Gasteiger charge is 2.29. The lowest BCUT2D eigenvalue weighted by Crippen LogP contribution is -2.22. The molecule has 0 N–H and O–H groups in total. The minimum absolute atomic E-state index is 0.576. The maximum Gasteiger partial charge on any atom is 0.198 e. The number of hydrogen-bond acceptors (Lipinski definition) is 4. The zero-order valence-electron chi connectivity index (χ0n) is 17.8. The number of aromatic nitrogens is 5. The normalized spacial score (nSPS) is 13.8. The van der Waals surface area contributed by atoms with Gasteiger partial charge >= 0.3 is 0 Å². The van der Waals surface area contributed by atoms with E-state index in [9.17, 15) is 0 Å². The van der Waals surface area contributed by atoms with Gasteiger partial charge in [0.25, 0.3) is 0 Å². The molecule has 1 aliphatic carbocycles. The summed E-state index contributed by atoms with van der Waals surface area (Å²) in [7, 11) is 4.12. The van der Waals surface area contributed by atoms with E-state index in [0.29, 0.717) is 12.6 Å². The summed E-state index contributed by atoms with van der Waals surface area (Å²) in [5, 5.41) is 9.72. The first-order valence-corrected chi connectivity index (χ1v) is 11.0. The minimum Gasteiger partial charge on any atom is -0.307 e. The van der Waals surface area contributed by atoms with Crippen LogP contribution < -0.4 is 0 Å². The summed E-state index contributed by atoms with van der Waals surface area (Å²) >= 11 is 5.63. The highest BCUT2D eigenvalue weighted by molar-refractivity contribution is 7.71. The molecule has 6 nitrogen and oxygen atoms in total. The van der Waals surface area contributed by atoms with Gasteiger partial charge in [0.15, 0.2) is 4.77 Å². The van der Waals surface area contributed by atoms with Gasteiger partial charge in [0.2, 0.25) is 0 Å². The van der Waals surface area contributed by atoms with Crippen LogP contribution in [0.2, 0.25) is 0 Å². The second-order valence-electron chi connectivity index (χ2n) is 8.28. The fourth-order valence-electron chi connectivity index (χ4n) is 3.94. The van der Waals surface area contributed by atoms with Crippen LogP contribution in [-0.4, -0.2) is 36.1 Å². The van der Waals surface area contributed by atoms with Gasteiger partial charge in [0.1, 0.15) is 5.82 Å². The molecule has 0 atom stereocenters. The van der Waals surface area contributed by atoms with Crippen molar-refractivity contribution in [1.29, 1.82) is 0 Å². The van der Waals surface area contributed by atoms with Crippen molar-refractivity contribution < 1.29 is 0 Å². The Hall–Kier alpha value is -3.03. The monoisotopic (exact) mass is 430 g/mol. The molecule has 0 spiro atoms. The lowest BCUT2D eigenvalue weighted by molar-refractivity contribution is 0.243. The van der Waals surface area contributed by atoms with Gasteiger partial charge in [-0.05, 0) is 44.2 Å². The molecule has 0 amide bonds. The summed E-state index contributed by atoms with van der Waals surface area (Å²) in [6.45, 7) is 1.39. The Morgan fingerprint density at radius 2 is 1.68 bits per heavy atom. The fraction of sp³-hybridized carbons (Fsp3) is 0.292. The number of hydrogen-bond donors (Lipinski definition) is 0. The number of para-hydroxylation sites is 1. The Morgan fingerprint density at radius 1 is 1.00 bits per heavy atom. The molecule has 1 fully saturated rings. The Labute approximate surface area is 187 Å². The third-order valence-electron chi connectivity index (χ3n) is 5.69. The van der Waals surface area contributed by atoms with E-state index in [1.807, 2.05) is 40.7 Å². The minimum atomic E-state index is 0.576. The fourth-order valence-corrected chi connectivity index (χ4v) is 4.13. The van der Waals surface area contributed by atoms with Gasteiger partial charge in [-0.25, -0.2) is 9.36 Å². The van der Waals surface area contributed by atoms with E-state index < -0.39 is 0 Å². The van der Waals surface area contributed by atoms with Crippen LogP contribution in [0.1, 0.15) is 30.1 Å². The van der Waals surface area contributed by atoms with E-state index in [-0.39, 0.29) is 0 Å². The zero-order valence-corrected chi connectivity index (χ0v) is 18.7. The van der Waals surface area contributed by atoms with Gasteiger partial charge in [0.05, 0.1) is 18.1 Å². The summed E-state index contributed by atoms with van der Waals surface area (Å²) < 4.78 is 6.73. The van der Waals surface area contributed by atoms with Gasteiger partial charge < -0.3 is 4.57 Å². The summed E-state index contributed by atoms with van der Waals surface area (Å²) in [5.74, 6) is 1.69. The maximum atomic E-state index is 5.63. The van der Waals surface area contributed by atoms with Crippen molar-refractivity contribution in [3.05, 3.63) is 83.0 Å². The van der Waals surface area contributed by atoms with Gasteiger partial charge in [-0.15, -0.1) is 0 Å². The molecule has 2 aromatic carbocycles. The molecule has 0 aliphatic heterocycles. The van der Waals surface area contributed by atoms with Crippen molar-refractivity contribution in [3.63, 3.8) is 0 Å². The average Bonchev–Trinajstić information content (AvgIpc) is 3.50. The van der Waals surface area contributed by atoms with E-state index in [4.69, 9.17) is 22.4 Å². The highest BCUT2D eigenvalue weighted by Crippen LogP contribution is 2.38. The van der Waals surface area contributed by atoms with Crippen LogP contribution in [0, 0.1) is 4.77 Å². The molecule has 5 rings (SSSR count). The Bertz CT molecular complexity index is 1230. The van der Waals surface area contributed by atoms with Gasteiger partial charge in [-0.2, -0.15) is 10.2 Å². The third kappa shape index (κ3) is 4.11. The molecule has 158 valence electrons. The Morgan fingerprint density at radius 3 is 2.35 bits per heavy atom. The quantitative estimate of drug-likeness (QED) is 0.396. The number of nitrogens with zero attached hydrogens (tertiary/aromatic N) is 6. The molecule has 4 aromatic rings. The first-order valence-electron chi connectivity index (χ1n) is 10.6. The lowest BCUT2D eigenvalue weighted by Gasteiger charge is -2.16. The Balaban J connectivity index is 1.43. The van der Waals surface area contributed by atoms with Gasteiger partial charge in [-0.1, -0.05) is 48.5 Å². The predicted octanol–water partition coefficient (Wildman–Crippen LogP) is 4.77. The summed E-state index contributed by atoms with van der Waals surface area (Å²) in [6.07, 6.45) is 4.56. The van der Waals surface area contributed by atoms with Crippen molar-refractivity contribution >= 4 is 12.2 Å². The molecule has 1 aliphatic rings. The smallest absolute Gasteiger partial charge is 0.198 e. The van der Waals surface area contributed by atoms with Crippen molar-refractivity contribution in [2.75, 3.05) is 7.05 Å². The van der Waals surface area contributed by atoms with Crippen LogP contribution in [-0.2, 0) is 20.3 Å². The van der Waals surface area contributed by atoms with E-state index >= 15 is 0 Å². The summed E-state index contributed by atoms with van der Waals surface area (Å²) in [4.78, 5) is 2.23. The highest BCUT2D eigenvalue weighted by atomic mass is 32.1. The molecule has 2 heterocycles. The van der Waals surface area contributed by atoms with E-state index in [1.165, 1.54) is 18.4 Å². The molecule has 0 saturated heterocycles. The summed E-state index contributed by atoms with van der Waals surface area (Å²) in [5.41, 5.74) is 4.34. The standard InChI is InChI=1S/C24H26N6S/c1-27(17-30-24(31)28(2)23(26-30)19-13-14-19)15-20-16-29(21-11-7-4-8-12-21)25-22(20)18-9-5-3-6-10-18/h3-12,16,19H,13-15,17H2,1-2H3. The second kappa shape index (κ2) is 8.24. The third-order valence-corrected chi connectivity index (χ3v) is 6.18. The Kier molecular flexibility index (Phi) is 5.29. The van der Waals surface area contributed by atoms with Crippen molar-refractivity contribution in [2.45, 2.75) is 32.0 Å². The zero-order chi connectivity index (χ0) is 21.4. The van der Waals surface area contributed by atoms with Crippen LogP contribution in [0.4, 0.5) is 0 Å². The lowest BCUT2D eigenvalue weighted by atomic mass is 10.1. The van der Waals surface area contributed by atoms with Gasteiger partial charge in [-0.3, -0.25) is 4.90 Å². The van der Waals surface area contributed by atoms with E-state index in [2.05, 4.69) is 59.1 Å². The topological polar surface area (TPSA) is 43.8 Å². The molecule has 31 heavy (non-hydrogen) atoms. The van der Waals surface area contributed by atoms with Crippen LogP contribution in [0.15, 0.2) is 66.9 Å². The van der Waals surface area contributed by atoms with Crippen molar-refractivity contribution in [1.82, 2.24) is 29.0 Å². The molecule has 0 radical (unpaired) electrons. The SMILES string of the molecule is CN(Cc1cn(-c2ccccc2)nc1-c1ccccc1)Cn1nc(C2CC2)n(C)c1=S. The van der Waals surface area contributed by atoms with Crippen LogP contribution in [0.5, 0.6) is 0 Å². The largest absolute Gasteiger partial charge is 0.307 e. The van der Waals surface area contributed by atoms with Crippen LogP contribution in [0.25, 0.3) is 16.9 Å². The summed E-state index contributed by atoms with van der Waals surface area (Å²) in [6, 6.07) is 20.6. The van der Waals surface area contributed by atoms with Crippen LogP contribution >= 0.6 is 12.2 Å². The first kappa shape index (κ1) is 19.9. The number of rotatable bonds is 7. The van der Waals surface area contributed by atoms with Crippen LogP contribution in [0.3, 0.4) is 0 Å².